The molecule has 164 valence electrons. The third-order valence-corrected chi connectivity index (χ3v) is 7.81. The normalized spacial score (nSPS) is 36.1. The average Bonchev–Trinajstić information content (AvgIpc) is 3.05. The zero-order valence-corrected chi connectivity index (χ0v) is 17.5. The van der Waals surface area contributed by atoms with Crippen LogP contribution in [0.5, 0.6) is 0 Å². The second kappa shape index (κ2) is 6.47. The van der Waals surface area contributed by atoms with Crippen molar-refractivity contribution >= 4 is 17.7 Å². The Morgan fingerprint density at radius 3 is 2.67 bits per heavy atom. The zero-order chi connectivity index (χ0) is 21.4. The zero-order valence-electron chi connectivity index (χ0n) is 17.5. The van der Waals surface area contributed by atoms with Crippen molar-refractivity contribution in [2.24, 2.45) is 17.3 Å². The summed E-state index contributed by atoms with van der Waals surface area (Å²) in [7, 11) is 1.39. The van der Waals surface area contributed by atoms with E-state index in [9.17, 15) is 18.0 Å². The van der Waals surface area contributed by atoms with Crippen LogP contribution in [0.3, 0.4) is 0 Å². The molecular weight excluding hydrogens is 397 g/mol. The summed E-state index contributed by atoms with van der Waals surface area (Å²) in [5, 5.41) is 0. The molecule has 6 nitrogen and oxygen atoms in total. The Labute approximate surface area is 173 Å². The highest BCUT2D eigenvalue weighted by atomic mass is 19.3. The molecule has 2 aliphatic heterocycles. The molecule has 0 amide bonds. The SMILES string of the molecule is COC(=O)C[C@H]1[C@@H]2CN(c3nc(N4CC(F)C4C)nc4c3CCCC4(F)F)C[C@]12C. The Morgan fingerprint density at radius 2 is 2.07 bits per heavy atom. The van der Waals surface area contributed by atoms with Crippen LogP contribution in [0.25, 0.3) is 0 Å². The number of carbonyl (C=O) groups excluding carboxylic acids is 1. The molecule has 1 aromatic rings. The van der Waals surface area contributed by atoms with E-state index in [-0.39, 0.29) is 41.9 Å². The standard InChI is InChI=1S/C21H27F3N4O2/c1-11-15(22)9-28(11)19-25-17-12(5-4-6-21(17,23)24)18(26-19)27-8-14-13(7-16(29)30-3)20(14,2)10-27/h11,13-15H,4-10H2,1-3H3/t11?,13-,14-,15?,20+/m0/s1. The summed E-state index contributed by atoms with van der Waals surface area (Å²) in [6.07, 6.45) is 0.0808. The molecule has 5 rings (SSSR count). The molecule has 2 unspecified atom stereocenters. The second-order valence-corrected chi connectivity index (χ2v) is 9.52. The summed E-state index contributed by atoms with van der Waals surface area (Å²) in [5.41, 5.74) is 0.284. The van der Waals surface area contributed by atoms with Crippen LogP contribution < -0.4 is 9.80 Å². The summed E-state index contributed by atoms with van der Waals surface area (Å²) in [5.74, 6) is -1.88. The summed E-state index contributed by atoms with van der Waals surface area (Å²) >= 11 is 0. The molecule has 1 saturated carbocycles. The molecule has 4 aliphatic rings. The topological polar surface area (TPSA) is 58.6 Å². The molecule has 0 N–H and O–H groups in total. The maximum Gasteiger partial charge on any atom is 0.305 e. The first kappa shape index (κ1) is 19.9. The van der Waals surface area contributed by atoms with Crippen molar-refractivity contribution in [1.29, 1.82) is 0 Å². The Morgan fingerprint density at radius 1 is 1.30 bits per heavy atom. The highest BCUT2D eigenvalue weighted by Gasteiger charge is 2.66. The number of aromatic nitrogens is 2. The van der Waals surface area contributed by atoms with Crippen molar-refractivity contribution in [2.45, 2.75) is 57.7 Å². The van der Waals surface area contributed by atoms with Crippen molar-refractivity contribution in [1.82, 2.24) is 9.97 Å². The second-order valence-electron chi connectivity index (χ2n) is 9.52. The number of alkyl halides is 3. The predicted octanol–water partition coefficient (Wildman–Crippen LogP) is 3.09. The summed E-state index contributed by atoms with van der Waals surface area (Å²) in [4.78, 5) is 24.3. The maximum atomic E-state index is 14.8. The molecule has 5 atom stereocenters. The number of hydrogen-bond acceptors (Lipinski definition) is 6. The van der Waals surface area contributed by atoms with Gasteiger partial charge in [-0.25, -0.2) is 9.37 Å². The van der Waals surface area contributed by atoms with Gasteiger partial charge in [-0.15, -0.1) is 0 Å². The summed E-state index contributed by atoms with van der Waals surface area (Å²) in [6.45, 7) is 5.33. The largest absolute Gasteiger partial charge is 0.469 e. The van der Waals surface area contributed by atoms with Gasteiger partial charge in [0.2, 0.25) is 5.95 Å². The monoisotopic (exact) mass is 424 g/mol. The first-order chi connectivity index (χ1) is 14.2. The molecule has 0 spiro atoms. The average molecular weight is 424 g/mol. The molecule has 2 aliphatic carbocycles. The Balaban J connectivity index is 1.46. The minimum atomic E-state index is -3.00. The predicted molar refractivity (Wildman–Crippen MR) is 105 cm³/mol. The van der Waals surface area contributed by atoms with Crippen molar-refractivity contribution in [2.75, 3.05) is 36.5 Å². The third kappa shape index (κ3) is 2.80. The number of methoxy groups -OCH3 is 1. The molecule has 2 saturated heterocycles. The van der Waals surface area contributed by atoms with Gasteiger partial charge < -0.3 is 14.5 Å². The molecular formula is C21H27F3N4O2. The summed E-state index contributed by atoms with van der Waals surface area (Å²) in [6, 6.07) is -0.415. The van der Waals surface area contributed by atoms with Crippen molar-refractivity contribution in [3.63, 3.8) is 0 Å². The van der Waals surface area contributed by atoms with Gasteiger partial charge in [0.05, 0.1) is 19.7 Å². The minimum absolute atomic E-state index is 0.0442. The van der Waals surface area contributed by atoms with Gasteiger partial charge in [-0.3, -0.25) is 4.79 Å². The van der Waals surface area contributed by atoms with Gasteiger partial charge in [-0.2, -0.15) is 13.8 Å². The highest BCUT2D eigenvalue weighted by Crippen LogP contribution is 2.65. The van der Waals surface area contributed by atoms with E-state index in [4.69, 9.17) is 4.74 Å². The van der Waals surface area contributed by atoms with Gasteiger partial charge in [0.25, 0.3) is 5.92 Å². The van der Waals surface area contributed by atoms with Gasteiger partial charge in [0.1, 0.15) is 17.7 Å². The fourth-order valence-electron chi connectivity index (χ4n) is 5.66. The molecule has 30 heavy (non-hydrogen) atoms. The number of carbonyl (C=O) groups is 1. The number of anilines is 2. The molecule has 3 heterocycles. The minimum Gasteiger partial charge on any atom is -0.469 e. The van der Waals surface area contributed by atoms with E-state index in [1.165, 1.54) is 7.11 Å². The Hall–Kier alpha value is -2.06. The van der Waals surface area contributed by atoms with E-state index in [0.717, 1.165) is 0 Å². The van der Waals surface area contributed by atoms with Crippen molar-refractivity contribution in [3.8, 4) is 0 Å². The fourth-order valence-corrected chi connectivity index (χ4v) is 5.66. The van der Waals surface area contributed by atoms with Gasteiger partial charge in [0.15, 0.2) is 0 Å². The van der Waals surface area contributed by atoms with E-state index in [2.05, 4.69) is 21.8 Å². The van der Waals surface area contributed by atoms with Crippen molar-refractivity contribution < 1.29 is 22.7 Å². The van der Waals surface area contributed by atoms with Crippen LogP contribution in [0.15, 0.2) is 0 Å². The van der Waals surface area contributed by atoms with Gasteiger partial charge in [-0.05, 0) is 37.0 Å². The van der Waals surface area contributed by atoms with Crippen LogP contribution in [-0.4, -0.2) is 54.9 Å². The molecule has 0 radical (unpaired) electrons. The smallest absolute Gasteiger partial charge is 0.305 e. The molecule has 9 heteroatoms. The maximum absolute atomic E-state index is 14.8. The highest BCUT2D eigenvalue weighted by molar-refractivity contribution is 5.70. The van der Waals surface area contributed by atoms with Crippen LogP contribution >= 0.6 is 0 Å². The number of rotatable bonds is 4. The van der Waals surface area contributed by atoms with Crippen LogP contribution in [0.1, 0.15) is 44.4 Å². The van der Waals surface area contributed by atoms with Crippen LogP contribution in [-0.2, 0) is 21.9 Å². The third-order valence-electron chi connectivity index (χ3n) is 7.81. The Bertz CT molecular complexity index is 897. The van der Waals surface area contributed by atoms with Crippen LogP contribution in [0.4, 0.5) is 24.9 Å². The van der Waals surface area contributed by atoms with Gasteiger partial charge in [-0.1, -0.05) is 6.92 Å². The lowest BCUT2D eigenvalue weighted by Gasteiger charge is -2.43. The van der Waals surface area contributed by atoms with Gasteiger partial charge >= 0.3 is 5.97 Å². The van der Waals surface area contributed by atoms with E-state index < -0.39 is 18.1 Å². The van der Waals surface area contributed by atoms with E-state index in [0.29, 0.717) is 49.7 Å². The lowest BCUT2D eigenvalue weighted by atomic mass is 9.92. The fraction of sp³-hybridized carbons (Fsp3) is 0.762. The first-order valence-electron chi connectivity index (χ1n) is 10.7. The number of ether oxygens (including phenoxy) is 1. The van der Waals surface area contributed by atoms with E-state index >= 15 is 0 Å². The van der Waals surface area contributed by atoms with Crippen molar-refractivity contribution in [3.05, 3.63) is 11.3 Å². The Kier molecular flexibility index (Phi) is 4.29. The molecule has 1 aromatic heterocycles. The number of halogens is 3. The van der Waals surface area contributed by atoms with Crippen LogP contribution in [0, 0.1) is 17.3 Å². The number of fused-ring (bicyclic) bond motifs is 2. The number of esters is 1. The number of hydrogen-bond donors (Lipinski definition) is 0. The molecule has 0 bridgehead atoms. The number of nitrogens with zero attached hydrogens (tertiary/aromatic N) is 4. The first-order valence-corrected chi connectivity index (χ1v) is 10.7. The quantitative estimate of drug-likeness (QED) is 0.693. The van der Waals surface area contributed by atoms with Crippen LogP contribution in [0.2, 0.25) is 0 Å². The number of piperidine rings is 1. The lowest BCUT2D eigenvalue weighted by molar-refractivity contribution is -0.141. The summed E-state index contributed by atoms with van der Waals surface area (Å²) < 4.78 is 48.0. The van der Waals surface area contributed by atoms with E-state index in [1.807, 2.05) is 0 Å². The van der Waals surface area contributed by atoms with E-state index in [1.54, 1.807) is 11.8 Å². The van der Waals surface area contributed by atoms with Gasteiger partial charge in [0, 0.05) is 31.5 Å². The molecule has 0 aromatic carbocycles. The molecule has 3 fully saturated rings. The lowest BCUT2D eigenvalue weighted by Crippen LogP contribution is -2.57.